The fourth-order valence-electron chi connectivity index (χ4n) is 6.21. The summed E-state index contributed by atoms with van der Waals surface area (Å²) >= 11 is 1.31. The lowest BCUT2D eigenvalue weighted by Crippen LogP contribution is -2.74. The van der Waals surface area contributed by atoms with E-state index in [1.807, 2.05) is 90.3 Å². The van der Waals surface area contributed by atoms with E-state index in [1.54, 1.807) is 27.9 Å². The van der Waals surface area contributed by atoms with Gasteiger partial charge in [-0.2, -0.15) is 0 Å². The Balaban J connectivity index is 1.40. The van der Waals surface area contributed by atoms with Crippen molar-refractivity contribution in [1.29, 1.82) is 0 Å². The predicted molar refractivity (Wildman–Crippen MR) is 185 cm³/mol. The van der Waals surface area contributed by atoms with E-state index in [2.05, 4.69) is 10.6 Å². The number of nitrogens with one attached hydrogen (secondary N) is 2. The van der Waals surface area contributed by atoms with Gasteiger partial charge in [0, 0.05) is 12.1 Å². The molecule has 49 heavy (non-hydrogen) atoms. The fourth-order valence-corrected chi connectivity index (χ4v) is 7.47. The van der Waals surface area contributed by atoms with E-state index in [1.165, 1.54) is 16.7 Å². The zero-order valence-electron chi connectivity index (χ0n) is 27.8. The maximum atomic E-state index is 14.6. The van der Waals surface area contributed by atoms with Crippen LogP contribution in [0.2, 0.25) is 0 Å². The first-order valence-corrected chi connectivity index (χ1v) is 17.1. The molecule has 10 nitrogen and oxygen atoms in total. The number of rotatable bonds is 9. The minimum atomic E-state index is -1.18. The van der Waals surface area contributed by atoms with Crippen LogP contribution in [0.3, 0.4) is 0 Å². The van der Waals surface area contributed by atoms with Gasteiger partial charge < -0.3 is 29.7 Å². The zero-order chi connectivity index (χ0) is 34.7. The molecule has 0 saturated carbocycles. The molecule has 3 aliphatic rings. The Morgan fingerprint density at radius 3 is 2.14 bits per heavy atom. The van der Waals surface area contributed by atoms with Gasteiger partial charge in [-0.25, -0.2) is 9.59 Å². The van der Waals surface area contributed by atoms with Crippen LogP contribution in [-0.4, -0.2) is 65.5 Å². The summed E-state index contributed by atoms with van der Waals surface area (Å²) in [5.74, 6) is -0.619. The molecule has 0 spiro atoms. The van der Waals surface area contributed by atoms with Gasteiger partial charge in [0.2, 0.25) is 11.8 Å². The molecule has 3 heterocycles. The standard InChI is InChI=1S/C38H39N3O7S/c1-38(2,3)48-37(45)40-30-34(43)41-31(36(44)47-32(24-11-7-5-8-12-24)25-13-9-6-10-14-25)29(22-49-35(30)41)28(27-19-20-39-33(27)42)21-23-15-17-26(46-4)18-16-23/h5-18,22,30-32,35H,19-21H2,1-4H3,(H,39,42)(H,40,45)/t30-,31-,35-/m1/s1. The van der Waals surface area contributed by atoms with Crippen molar-refractivity contribution in [2.75, 3.05) is 13.7 Å². The SMILES string of the molecule is COc1ccc(CC(C2=CS[C@@H]3[C@H](NC(=O)OC(C)(C)C)C(=O)N3[C@H]2C(=O)OC(c2ccccc2)c2ccccc2)=C2CCNC2=O)cc1. The van der Waals surface area contributed by atoms with Crippen molar-refractivity contribution < 1.29 is 33.4 Å². The molecule has 3 aliphatic heterocycles. The van der Waals surface area contributed by atoms with E-state index < -0.39 is 47.1 Å². The van der Waals surface area contributed by atoms with E-state index in [4.69, 9.17) is 14.2 Å². The Labute approximate surface area is 289 Å². The van der Waals surface area contributed by atoms with Crippen LogP contribution in [0.25, 0.3) is 0 Å². The molecule has 0 radical (unpaired) electrons. The molecule has 0 unspecified atom stereocenters. The Bertz CT molecular complexity index is 1750. The molecule has 0 aliphatic carbocycles. The van der Waals surface area contributed by atoms with Crippen LogP contribution in [0.15, 0.2) is 107 Å². The van der Waals surface area contributed by atoms with E-state index in [0.717, 1.165) is 16.7 Å². The van der Waals surface area contributed by atoms with E-state index >= 15 is 0 Å². The summed E-state index contributed by atoms with van der Waals surface area (Å²) in [6.07, 6.45) is -0.692. The first-order valence-electron chi connectivity index (χ1n) is 16.1. The highest BCUT2D eigenvalue weighted by Crippen LogP contribution is 2.45. The number of hydrogen-bond acceptors (Lipinski definition) is 8. The van der Waals surface area contributed by atoms with Crippen LogP contribution in [0.1, 0.15) is 50.0 Å². The predicted octanol–water partition coefficient (Wildman–Crippen LogP) is 5.45. The quantitative estimate of drug-likeness (QED) is 0.174. The second-order valence-corrected chi connectivity index (χ2v) is 14.0. The average Bonchev–Trinajstić information content (AvgIpc) is 3.53. The fraction of sp³-hybridized carbons (Fsp3) is 0.316. The number of carbonyl (C=O) groups is 4. The molecule has 2 fully saturated rings. The zero-order valence-corrected chi connectivity index (χ0v) is 28.6. The van der Waals surface area contributed by atoms with Crippen molar-refractivity contribution in [1.82, 2.24) is 15.5 Å². The molecular formula is C38H39N3O7S. The van der Waals surface area contributed by atoms with Gasteiger partial charge in [0.05, 0.1) is 7.11 Å². The summed E-state index contributed by atoms with van der Waals surface area (Å²) in [4.78, 5) is 55.9. The molecule has 6 rings (SSSR count). The number of thioether (sulfide) groups is 1. The minimum absolute atomic E-state index is 0.213. The number of amides is 3. The number of carbonyl (C=O) groups excluding carboxylic acids is 4. The lowest BCUT2D eigenvalue weighted by molar-refractivity contribution is -0.164. The molecule has 3 aromatic carbocycles. The van der Waals surface area contributed by atoms with E-state index in [-0.39, 0.29) is 5.91 Å². The Morgan fingerprint density at radius 2 is 1.59 bits per heavy atom. The van der Waals surface area contributed by atoms with Gasteiger partial charge in [0.1, 0.15) is 22.8 Å². The minimum Gasteiger partial charge on any atom is -0.497 e. The van der Waals surface area contributed by atoms with Crippen molar-refractivity contribution >= 4 is 35.6 Å². The molecule has 11 heteroatoms. The number of fused-ring (bicyclic) bond motifs is 1. The number of esters is 1. The van der Waals surface area contributed by atoms with Crippen molar-refractivity contribution in [3.8, 4) is 5.75 Å². The number of β-lactam (4-membered cyclic amide) rings is 1. The van der Waals surface area contributed by atoms with Crippen molar-refractivity contribution in [2.45, 2.75) is 62.8 Å². The van der Waals surface area contributed by atoms with E-state index in [9.17, 15) is 19.2 Å². The highest BCUT2D eigenvalue weighted by atomic mass is 32.2. The molecule has 3 aromatic rings. The molecule has 0 aromatic heterocycles. The van der Waals surface area contributed by atoms with Gasteiger partial charge in [0.25, 0.3) is 0 Å². The van der Waals surface area contributed by atoms with Crippen molar-refractivity contribution in [3.05, 3.63) is 124 Å². The van der Waals surface area contributed by atoms with E-state index in [0.29, 0.717) is 41.9 Å². The summed E-state index contributed by atoms with van der Waals surface area (Å²) in [5.41, 5.74) is 3.39. The van der Waals surface area contributed by atoms with Gasteiger partial charge in [-0.05, 0) is 79.0 Å². The van der Waals surface area contributed by atoms with Gasteiger partial charge >= 0.3 is 12.1 Å². The van der Waals surface area contributed by atoms with Crippen LogP contribution < -0.4 is 15.4 Å². The maximum Gasteiger partial charge on any atom is 0.408 e. The van der Waals surface area contributed by atoms with Crippen LogP contribution in [0.5, 0.6) is 5.75 Å². The lowest BCUT2D eigenvalue weighted by atomic mass is 9.86. The third-order valence-corrected chi connectivity index (χ3v) is 9.68. The summed E-state index contributed by atoms with van der Waals surface area (Å²) in [7, 11) is 1.59. The number of methoxy groups -OCH3 is 1. The number of ether oxygens (including phenoxy) is 3. The van der Waals surface area contributed by atoms with Crippen LogP contribution >= 0.6 is 11.8 Å². The molecule has 2 saturated heterocycles. The van der Waals surface area contributed by atoms with Crippen molar-refractivity contribution in [3.63, 3.8) is 0 Å². The number of nitrogens with zero attached hydrogens (tertiary/aromatic N) is 1. The Hall–Kier alpha value is -5.03. The molecule has 0 bridgehead atoms. The largest absolute Gasteiger partial charge is 0.497 e. The van der Waals surface area contributed by atoms with Crippen molar-refractivity contribution in [2.24, 2.45) is 0 Å². The average molecular weight is 682 g/mol. The van der Waals surface area contributed by atoms with Gasteiger partial charge in [-0.3, -0.25) is 9.59 Å². The molecule has 2 N–H and O–H groups in total. The van der Waals surface area contributed by atoms with Crippen LogP contribution in [0, 0.1) is 0 Å². The monoisotopic (exact) mass is 681 g/mol. The summed E-state index contributed by atoms with van der Waals surface area (Å²) in [5, 5.41) is 6.82. The molecule has 3 amide bonds. The van der Waals surface area contributed by atoms with Gasteiger partial charge in [-0.1, -0.05) is 72.8 Å². The normalized spacial score (nSPS) is 21.2. The highest BCUT2D eigenvalue weighted by Gasteiger charge is 2.57. The second-order valence-electron chi connectivity index (χ2n) is 13.0. The third kappa shape index (κ3) is 7.36. The topological polar surface area (TPSA) is 123 Å². The van der Waals surface area contributed by atoms with Gasteiger partial charge in [-0.15, -0.1) is 11.8 Å². The smallest absolute Gasteiger partial charge is 0.408 e. The van der Waals surface area contributed by atoms with Gasteiger partial charge in [0.15, 0.2) is 12.1 Å². The summed E-state index contributed by atoms with van der Waals surface area (Å²) in [6.45, 7) is 5.69. The number of alkyl carbamates (subject to hydrolysis) is 1. The number of benzene rings is 3. The van der Waals surface area contributed by atoms with Crippen LogP contribution in [-0.2, 0) is 30.3 Å². The maximum absolute atomic E-state index is 14.6. The Kier molecular flexibility index (Phi) is 9.82. The Morgan fingerprint density at radius 1 is 0.959 bits per heavy atom. The molecule has 254 valence electrons. The lowest BCUT2D eigenvalue weighted by Gasteiger charge is -2.52. The molecule has 3 atom stereocenters. The van der Waals surface area contributed by atoms with Crippen LogP contribution in [0.4, 0.5) is 4.79 Å². The number of hydrogen-bond donors (Lipinski definition) is 2. The first-order chi connectivity index (χ1) is 23.5. The third-order valence-electron chi connectivity index (χ3n) is 8.51. The summed E-state index contributed by atoms with van der Waals surface area (Å²) < 4.78 is 17.1. The second kappa shape index (κ2) is 14.2. The summed E-state index contributed by atoms with van der Waals surface area (Å²) in [6, 6.07) is 24.2. The molecular weight excluding hydrogens is 642 g/mol. The first kappa shape index (κ1) is 33.9. The highest BCUT2D eigenvalue weighted by molar-refractivity contribution is 8.03.